The third kappa shape index (κ3) is 5.37. The lowest BCUT2D eigenvalue weighted by molar-refractivity contribution is 0.0490. The zero-order valence-electron chi connectivity index (χ0n) is 14.8. The molecule has 1 N–H and O–H groups in total. The minimum Gasteiger partial charge on any atom is -0.314 e. The molecule has 0 amide bonds. The van der Waals surface area contributed by atoms with E-state index in [0.29, 0.717) is 11.5 Å². The Balaban J connectivity index is 2.47. The Morgan fingerprint density at radius 2 is 1.85 bits per heavy atom. The summed E-state index contributed by atoms with van der Waals surface area (Å²) in [6, 6.07) is 1.42. The van der Waals surface area contributed by atoms with Crippen molar-refractivity contribution < 1.29 is 0 Å². The molecule has 2 nitrogen and oxygen atoms in total. The van der Waals surface area contributed by atoms with Gasteiger partial charge in [0, 0.05) is 18.6 Å². The highest BCUT2D eigenvalue weighted by Crippen LogP contribution is 2.30. The molecule has 1 rings (SSSR count). The number of unbranched alkanes of at least 4 members (excludes halogenated alkanes) is 2. The molecule has 1 saturated heterocycles. The van der Waals surface area contributed by atoms with Crippen LogP contribution in [0.4, 0.5) is 0 Å². The molecule has 0 saturated carbocycles. The number of nitrogens with zero attached hydrogens (tertiary/aromatic N) is 1. The molecule has 0 aromatic heterocycles. The first-order chi connectivity index (χ1) is 9.41. The molecule has 0 aliphatic carbocycles. The molecule has 0 bridgehead atoms. The van der Waals surface area contributed by atoms with Crippen molar-refractivity contribution in [1.82, 2.24) is 10.2 Å². The number of rotatable bonds is 8. The van der Waals surface area contributed by atoms with Crippen LogP contribution in [0.3, 0.4) is 0 Å². The van der Waals surface area contributed by atoms with E-state index in [1.807, 2.05) is 0 Å². The maximum absolute atomic E-state index is 3.66. The summed E-state index contributed by atoms with van der Waals surface area (Å²) in [5.74, 6) is 0.759. The van der Waals surface area contributed by atoms with E-state index < -0.39 is 0 Å². The first-order valence-corrected chi connectivity index (χ1v) is 8.88. The lowest BCUT2D eigenvalue weighted by atomic mass is 9.82. The molecule has 0 aromatic rings. The van der Waals surface area contributed by atoms with Gasteiger partial charge in [0.1, 0.15) is 0 Å². The van der Waals surface area contributed by atoms with Gasteiger partial charge in [-0.2, -0.15) is 0 Å². The zero-order valence-corrected chi connectivity index (χ0v) is 14.8. The maximum atomic E-state index is 3.66. The lowest BCUT2D eigenvalue weighted by Crippen LogP contribution is -2.55. The largest absolute Gasteiger partial charge is 0.314 e. The van der Waals surface area contributed by atoms with E-state index in [9.17, 15) is 0 Å². The Hall–Kier alpha value is -0.0800. The molecule has 1 aliphatic rings. The summed E-state index contributed by atoms with van der Waals surface area (Å²) < 4.78 is 0. The highest BCUT2D eigenvalue weighted by atomic mass is 15.2. The minimum atomic E-state index is 0.466. The summed E-state index contributed by atoms with van der Waals surface area (Å²) in [4.78, 5) is 2.74. The third-order valence-electron chi connectivity index (χ3n) is 5.25. The molecule has 0 spiro atoms. The van der Waals surface area contributed by atoms with Crippen LogP contribution in [-0.4, -0.2) is 36.6 Å². The van der Waals surface area contributed by atoms with Crippen LogP contribution in [0, 0.1) is 11.3 Å². The topological polar surface area (TPSA) is 15.3 Å². The molecule has 1 aliphatic heterocycles. The van der Waals surface area contributed by atoms with Gasteiger partial charge in [0.2, 0.25) is 0 Å². The highest BCUT2D eigenvalue weighted by molar-refractivity contribution is 4.90. The summed E-state index contributed by atoms with van der Waals surface area (Å²) in [6.45, 7) is 17.9. The van der Waals surface area contributed by atoms with Crippen molar-refractivity contribution in [3.8, 4) is 0 Å². The fourth-order valence-corrected chi connectivity index (χ4v) is 3.70. The van der Waals surface area contributed by atoms with Crippen molar-refractivity contribution >= 4 is 0 Å². The molecule has 3 atom stereocenters. The van der Waals surface area contributed by atoms with E-state index in [1.54, 1.807) is 0 Å². The van der Waals surface area contributed by atoms with Crippen LogP contribution in [-0.2, 0) is 0 Å². The summed E-state index contributed by atoms with van der Waals surface area (Å²) in [7, 11) is 0. The van der Waals surface area contributed by atoms with Crippen molar-refractivity contribution in [3.05, 3.63) is 0 Å². The van der Waals surface area contributed by atoms with Gasteiger partial charge in [-0.1, -0.05) is 53.9 Å². The third-order valence-corrected chi connectivity index (χ3v) is 5.25. The second kappa shape index (κ2) is 8.38. The van der Waals surface area contributed by atoms with Crippen LogP contribution < -0.4 is 5.32 Å². The molecule has 1 fully saturated rings. The summed E-state index contributed by atoms with van der Waals surface area (Å²) in [5.41, 5.74) is 0.466. The first kappa shape index (κ1) is 18.0. The van der Waals surface area contributed by atoms with E-state index in [-0.39, 0.29) is 0 Å². The van der Waals surface area contributed by atoms with Gasteiger partial charge in [-0.05, 0) is 44.2 Å². The molecular weight excluding hydrogens is 244 g/mol. The average molecular weight is 283 g/mol. The van der Waals surface area contributed by atoms with Gasteiger partial charge in [0.25, 0.3) is 0 Å². The van der Waals surface area contributed by atoms with Crippen molar-refractivity contribution in [2.24, 2.45) is 11.3 Å². The Bertz CT molecular complexity index is 262. The van der Waals surface area contributed by atoms with E-state index in [2.05, 4.69) is 51.8 Å². The van der Waals surface area contributed by atoms with Crippen molar-refractivity contribution in [3.63, 3.8) is 0 Å². The van der Waals surface area contributed by atoms with Crippen LogP contribution in [0.2, 0.25) is 0 Å². The predicted molar refractivity (Wildman–Crippen MR) is 90.2 cm³/mol. The Kier molecular flexibility index (Phi) is 7.53. The van der Waals surface area contributed by atoms with Gasteiger partial charge in [-0.25, -0.2) is 0 Å². The molecule has 120 valence electrons. The van der Waals surface area contributed by atoms with Gasteiger partial charge in [0.05, 0.1) is 0 Å². The number of likely N-dealkylation sites (tertiary alicyclic amines) is 1. The van der Waals surface area contributed by atoms with Gasteiger partial charge >= 0.3 is 0 Å². The molecule has 3 unspecified atom stereocenters. The van der Waals surface area contributed by atoms with Gasteiger partial charge in [0.15, 0.2) is 0 Å². The second-order valence-corrected chi connectivity index (χ2v) is 7.64. The normalized spacial score (nSPS) is 28.8. The van der Waals surface area contributed by atoms with E-state index in [4.69, 9.17) is 0 Å². The highest BCUT2D eigenvalue weighted by Gasteiger charge is 2.34. The Labute approximate surface area is 127 Å². The van der Waals surface area contributed by atoms with Gasteiger partial charge in [-0.3, -0.25) is 4.90 Å². The fourth-order valence-electron chi connectivity index (χ4n) is 3.70. The van der Waals surface area contributed by atoms with E-state index >= 15 is 0 Å². The smallest absolute Gasteiger partial charge is 0.0120 e. The fraction of sp³-hybridized carbons (Fsp3) is 1.00. The first-order valence-electron chi connectivity index (χ1n) is 8.88. The quantitative estimate of drug-likeness (QED) is 0.668. The van der Waals surface area contributed by atoms with Crippen molar-refractivity contribution in [2.75, 3.05) is 19.6 Å². The predicted octanol–water partition coefficient (Wildman–Crippen LogP) is 4.30. The van der Waals surface area contributed by atoms with Gasteiger partial charge in [-0.15, -0.1) is 0 Å². The Morgan fingerprint density at radius 3 is 2.45 bits per heavy atom. The number of hydrogen-bond acceptors (Lipinski definition) is 2. The average Bonchev–Trinajstić information content (AvgIpc) is 2.39. The summed E-state index contributed by atoms with van der Waals surface area (Å²) in [5, 5.41) is 3.66. The molecule has 0 aromatic carbocycles. The minimum absolute atomic E-state index is 0.466. The molecule has 20 heavy (non-hydrogen) atoms. The van der Waals surface area contributed by atoms with Crippen LogP contribution in [0.1, 0.15) is 73.6 Å². The van der Waals surface area contributed by atoms with E-state index in [0.717, 1.165) is 18.5 Å². The lowest BCUT2D eigenvalue weighted by Gasteiger charge is -2.46. The van der Waals surface area contributed by atoms with Crippen LogP contribution in [0.25, 0.3) is 0 Å². The SMILES string of the molecule is CCCCCC(C)(C)CN1CCC(NCC)C(C)C1C. The molecule has 2 heteroatoms. The molecule has 0 radical (unpaired) electrons. The number of hydrogen-bond donors (Lipinski definition) is 1. The van der Waals surface area contributed by atoms with Crippen LogP contribution in [0.15, 0.2) is 0 Å². The Morgan fingerprint density at radius 1 is 1.15 bits per heavy atom. The number of piperidine rings is 1. The van der Waals surface area contributed by atoms with Gasteiger partial charge < -0.3 is 5.32 Å². The molecule has 1 heterocycles. The van der Waals surface area contributed by atoms with Crippen LogP contribution >= 0.6 is 0 Å². The number of nitrogens with one attached hydrogen (secondary N) is 1. The maximum Gasteiger partial charge on any atom is 0.0120 e. The zero-order chi connectivity index (χ0) is 15.2. The second-order valence-electron chi connectivity index (χ2n) is 7.64. The summed E-state index contributed by atoms with van der Waals surface area (Å²) >= 11 is 0. The van der Waals surface area contributed by atoms with E-state index in [1.165, 1.54) is 45.2 Å². The van der Waals surface area contributed by atoms with Crippen molar-refractivity contribution in [2.45, 2.75) is 85.7 Å². The monoisotopic (exact) mass is 282 g/mol. The van der Waals surface area contributed by atoms with Crippen LogP contribution in [0.5, 0.6) is 0 Å². The molecular formula is C18H38N2. The summed E-state index contributed by atoms with van der Waals surface area (Å²) in [6.07, 6.45) is 6.79. The van der Waals surface area contributed by atoms with Crippen molar-refractivity contribution in [1.29, 1.82) is 0 Å². The standard InChI is InChI=1S/C18H38N2/c1-7-9-10-12-18(5,6)14-20-13-11-17(19-8-2)15(3)16(20)4/h15-17,19H,7-14H2,1-6H3.